The molecule has 0 aliphatic rings. The van der Waals surface area contributed by atoms with Crippen LogP contribution in [0.2, 0.25) is 0 Å². The lowest BCUT2D eigenvalue weighted by Gasteiger charge is -2.07. The maximum atomic E-state index is 11.1. The summed E-state index contributed by atoms with van der Waals surface area (Å²) in [5, 5.41) is 21.1. The molecule has 7 nitrogen and oxygen atoms in total. The van der Waals surface area contributed by atoms with Gasteiger partial charge in [0.1, 0.15) is 18.4 Å². The Labute approximate surface area is 158 Å². The quantitative estimate of drug-likeness (QED) is 0.228. The zero-order valence-electron chi connectivity index (χ0n) is 13.9. The third-order valence-corrected chi connectivity index (χ3v) is 4.30. The molecule has 0 saturated heterocycles. The molecular weight excluding hydrogens is 364 g/mol. The molecule has 2 aromatic carbocycles. The number of non-ortho nitro benzene ring substituents is 1. The molecule has 8 heteroatoms. The number of rotatable bonds is 6. The number of nitrogens with one attached hydrogen (secondary N) is 1. The summed E-state index contributed by atoms with van der Waals surface area (Å²) in [7, 11) is 0. The number of nitrogens with zero attached hydrogens (tertiary/aromatic N) is 3. The largest absolute Gasteiger partial charge is 0.480 e. The van der Waals surface area contributed by atoms with Gasteiger partial charge in [-0.25, -0.2) is 4.98 Å². The molecule has 27 heavy (non-hydrogen) atoms. The highest BCUT2D eigenvalue weighted by Crippen LogP contribution is 2.31. The van der Waals surface area contributed by atoms with E-state index in [0.29, 0.717) is 21.4 Å². The Kier molecular flexibility index (Phi) is 5.41. The number of ether oxygens (including phenoxy) is 1. The number of hydrogen-bond donors (Lipinski definition) is 1. The second-order valence-electron chi connectivity index (χ2n) is 5.25. The minimum Gasteiger partial charge on any atom is -0.480 e. The van der Waals surface area contributed by atoms with Crippen LogP contribution in [0.5, 0.6) is 5.75 Å². The lowest BCUT2D eigenvalue weighted by molar-refractivity contribution is -0.384. The standard InChI is InChI=1S/C19H12N4O3S/c1-2-9-26-18-8-7-14(23(24)25)10-13(18)11-15(12-20)27-19-21-16-5-3-4-6-17(16)22-19/h1,3-8,10-11H,9H2,(H,21,22)/b15-11+. The van der Waals surface area contributed by atoms with Gasteiger partial charge in [0.2, 0.25) is 0 Å². The number of para-hydroxylation sites is 2. The zero-order chi connectivity index (χ0) is 19.2. The molecule has 0 fully saturated rings. The minimum atomic E-state index is -0.513. The molecule has 132 valence electrons. The second kappa shape index (κ2) is 8.09. The smallest absolute Gasteiger partial charge is 0.270 e. The number of aromatic amines is 1. The summed E-state index contributed by atoms with van der Waals surface area (Å²) < 4.78 is 5.42. The fourth-order valence-electron chi connectivity index (χ4n) is 2.32. The van der Waals surface area contributed by atoms with Crippen molar-refractivity contribution in [2.75, 3.05) is 6.61 Å². The highest BCUT2D eigenvalue weighted by atomic mass is 32.2. The number of nitro groups is 1. The van der Waals surface area contributed by atoms with Crippen molar-refractivity contribution in [1.82, 2.24) is 9.97 Å². The molecule has 0 radical (unpaired) electrons. The van der Waals surface area contributed by atoms with Gasteiger partial charge in [-0.15, -0.1) is 6.42 Å². The molecule has 1 N–H and O–H groups in total. The number of imidazole rings is 1. The second-order valence-corrected chi connectivity index (χ2v) is 6.28. The van der Waals surface area contributed by atoms with E-state index in [0.717, 1.165) is 22.8 Å². The Bertz CT molecular complexity index is 1090. The molecule has 0 aliphatic carbocycles. The average molecular weight is 376 g/mol. The van der Waals surface area contributed by atoms with Gasteiger partial charge in [0.05, 0.1) is 20.9 Å². The molecule has 0 aliphatic heterocycles. The van der Waals surface area contributed by atoms with E-state index >= 15 is 0 Å². The van der Waals surface area contributed by atoms with Crippen molar-refractivity contribution < 1.29 is 9.66 Å². The van der Waals surface area contributed by atoms with Gasteiger partial charge < -0.3 is 9.72 Å². The SMILES string of the molecule is C#CCOc1ccc([N+](=O)[O-])cc1/C=C(\C#N)Sc1nc2ccccc2[nH]1. The molecule has 0 amide bonds. The molecule has 0 bridgehead atoms. The Hall–Kier alpha value is -3.75. The van der Waals surface area contributed by atoms with Gasteiger partial charge in [-0.1, -0.05) is 18.1 Å². The van der Waals surface area contributed by atoms with Gasteiger partial charge in [0.25, 0.3) is 5.69 Å². The Morgan fingerprint density at radius 1 is 1.41 bits per heavy atom. The van der Waals surface area contributed by atoms with Crippen LogP contribution >= 0.6 is 11.8 Å². The summed E-state index contributed by atoms with van der Waals surface area (Å²) in [6.07, 6.45) is 6.71. The van der Waals surface area contributed by atoms with Crippen molar-refractivity contribution in [3.63, 3.8) is 0 Å². The molecule has 0 saturated carbocycles. The first-order valence-corrected chi connectivity index (χ1v) is 8.51. The van der Waals surface area contributed by atoms with Gasteiger partial charge in [-0.05, 0) is 36.0 Å². The lowest BCUT2D eigenvalue weighted by Crippen LogP contribution is -1.97. The van der Waals surface area contributed by atoms with Crippen LogP contribution in [0.3, 0.4) is 0 Å². The summed E-state index contributed by atoms with van der Waals surface area (Å²) in [4.78, 5) is 18.4. The van der Waals surface area contributed by atoms with E-state index in [-0.39, 0.29) is 12.3 Å². The van der Waals surface area contributed by atoms with Crippen molar-refractivity contribution in [1.29, 1.82) is 5.26 Å². The molecule has 0 unspecified atom stereocenters. The molecule has 0 spiro atoms. The van der Waals surface area contributed by atoms with E-state index in [4.69, 9.17) is 11.2 Å². The topological polar surface area (TPSA) is 105 Å². The molecule has 1 heterocycles. The summed E-state index contributed by atoms with van der Waals surface area (Å²) in [6, 6.07) is 13.7. The van der Waals surface area contributed by atoms with Crippen LogP contribution in [-0.4, -0.2) is 21.5 Å². The van der Waals surface area contributed by atoms with Crippen LogP contribution in [0.4, 0.5) is 5.69 Å². The number of fused-ring (bicyclic) bond motifs is 1. The third-order valence-electron chi connectivity index (χ3n) is 3.49. The van der Waals surface area contributed by atoms with Crippen LogP contribution in [-0.2, 0) is 0 Å². The van der Waals surface area contributed by atoms with E-state index in [2.05, 4.69) is 22.0 Å². The molecule has 3 rings (SSSR count). The number of nitro benzene ring substituents is 1. The Morgan fingerprint density at radius 2 is 2.22 bits per heavy atom. The van der Waals surface area contributed by atoms with Crippen LogP contribution in [0, 0.1) is 33.8 Å². The number of allylic oxidation sites excluding steroid dienone is 1. The molecule has 1 aromatic heterocycles. The van der Waals surface area contributed by atoms with E-state index in [9.17, 15) is 15.4 Å². The number of thioether (sulfide) groups is 1. The highest BCUT2D eigenvalue weighted by molar-refractivity contribution is 8.03. The zero-order valence-corrected chi connectivity index (χ0v) is 14.7. The molecular formula is C19H12N4O3S. The maximum Gasteiger partial charge on any atom is 0.270 e. The van der Waals surface area contributed by atoms with Crippen molar-refractivity contribution in [3.8, 4) is 24.2 Å². The van der Waals surface area contributed by atoms with Gasteiger partial charge in [-0.2, -0.15) is 5.26 Å². The highest BCUT2D eigenvalue weighted by Gasteiger charge is 2.13. The van der Waals surface area contributed by atoms with Crippen molar-refractivity contribution >= 4 is 34.6 Å². The van der Waals surface area contributed by atoms with Crippen molar-refractivity contribution in [2.24, 2.45) is 0 Å². The number of hydrogen-bond acceptors (Lipinski definition) is 6. The van der Waals surface area contributed by atoms with Crippen molar-refractivity contribution in [3.05, 3.63) is 63.0 Å². The Morgan fingerprint density at radius 3 is 2.93 bits per heavy atom. The van der Waals surface area contributed by atoms with E-state index in [1.165, 1.54) is 24.3 Å². The van der Waals surface area contributed by atoms with Crippen LogP contribution in [0.25, 0.3) is 17.1 Å². The maximum absolute atomic E-state index is 11.1. The monoisotopic (exact) mass is 376 g/mol. The van der Waals surface area contributed by atoms with Crippen molar-refractivity contribution in [2.45, 2.75) is 5.16 Å². The van der Waals surface area contributed by atoms with Gasteiger partial charge in [-0.3, -0.25) is 10.1 Å². The van der Waals surface area contributed by atoms with E-state index in [1.807, 2.05) is 24.3 Å². The number of benzene rings is 2. The lowest BCUT2D eigenvalue weighted by atomic mass is 10.1. The summed E-state index contributed by atoms with van der Waals surface area (Å²) in [5.41, 5.74) is 1.91. The average Bonchev–Trinajstić information content (AvgIpc) is 3.08. The summed E-state index contributed by atoms with van der Waals surface area (Å²) in [6.45, 7) is 0.0112. The first kappa shape index (κ1) is 18.1. The summed E-state index contributed by atoms with van der Waals surface area (Å²) in [5.74, 6) is 2.70. The van der Waals surface area contributed by atoms with Crippen LogP contribution in [0.1, 0.15) is 5.56 Å². The van der Waals surface area contributed by atoms with Gasteiger partial charge in [0, 0.05) is 17.7 Å². The van der Waals surface area contributed by atoms with Gasteiger partial charge >= 0.3 is 0 Å². The number of terminal acetylenes is 1. The summed E-state index contributed by atoms with van der Waals surface area (Å²) >= 11 is 1.12. The third kappa shape index (κ3) is 4.27. The molecule has 3 aromatic rings. The normalized spacial score (nSPS) is 11.0. The van der Waals surface area contributed by atoms with Crippen LogP contribution < -0.4 is 4.74 Å². The van der Waals surface area contributed by atoms with E-state index < -0.39 is 4.92 Å². The fourth-order valence-corrected chi connectivity index (χ4v) is 3.07. The number of aromatic nitrogens is 2. The van der Waals surface area contributed by atoms with Gasteiger partial charge in [0.15, 0.2) is 5.16 Å². The van der Waals surface area contributed by atoms with Crippen LogP contribution in [0.15, 0.2) is 52.5 Å². The predicted octanol–water partition coefficient (Wildman–Crippen LogP) is 4.14. The molecule has 0 atom stereocenters. The number of H-pyrrole nitrogens is 1. The number of nitriles is 1. The predicted molar refractivity (Wildman–Crippen MR) is 103 cm³/mol. The first-order chi connectivity index (χ1) is 13.1. The van der Waals surface area contributed by atoms with E-state index in [1.54, 1.807) is 0 Å². The Balaban J connectivity index is 1.96. The first-order valence-electron chi connectivity index (χ1n) is 7.70. The minimum absolute atomic E-state index is 0.0112. The fraction of sp³-hybridized carbons (Fsp3) is 0.0526.